The molecule has 1 heterocycles. The third-order valence-corrected chi connectivity index (χ3v) is 3.16. The number of benzene rings is 1. The monoisotopic (exact) mass is 236 g/mol. The van der Waals surface area contributed by atoms with Crippen LogP contribution in [0.15, 0.2) is 12.1 Å². The molecular weight excluding hydrogens is 216 g/mol. The molecule has 1 N–H and O–H groups in total. The normalized spacial score (nSPS) is 19.2. The van der Waals surface area contributed by atoms with Crippen molar-refractivity contribution in [1.82, 2.24) is 0 Å². The van der Waals surface area contributed by atoms with Crippen molar-refractivity contribution in [2.45, 2.75) is 32.8 Å². The Hall–Kier alpha value is -1.22. The second-order valence-electron chi connectivity index (χ2n) is 4.96. The van der Waals surface area contributed by atoms with Gasteiger partial charge < -0.3 is 14.6 Å². The Kier molecular flexibility index (Phi) is 3.57. The molecule has 0 spiro atoms. The van der Waals surface area contributed by atoms with E-state index >= 15 is 0 Å². The van der Waals surface area contributed by atoms with Crippen LogP contribution < -0.4 is 4.74 Å². The summed E-state index contributed by atoms with van der Waals surface area (Å²) in [5, 5.41) is 9.77. The molecule has 0 aliphatic carbocycles. The van der Waals surface area contributed by atoms with Crippen molar-refractivity contribution < 1.29 is 14.6 Å². The lowest BCUT2D eigenvalue weighted by Crippen LogP contribution is -2.18. The third-order valence-electron chi connectivity index (χ3n) is 3.16. The minimum atomic E-state index is 0.133. The van der Waals surface area contributed by atoms with Crippen LogP contribution in [-0.2, 0) is 11.2 Å². The fourth-order valence-corrected chi connectivity index (χ4v) is 2.33. The van der Waals surface area contributed by atoms with Gasteiger partial charge in [-0.15, -0.1) is 0 Å². The van der Waals surface area contributed by atoms with Gasteiger partial charge in [0.05, 0.1) is 19.8 Å². The SMILES string of the molecule is COc1cc2c(cc1O)CCOC2CC(C)C. The molecule has 0 fully saturated rings. The van der Waals surface area contributed by atoms with Gasteiger partial charge in [0.2, 0.25) is 0 Å². The van der Waals surface area contributed by atoms with Crippen LogP contribution in [0.3, 0.4) is 0 Å². The summed E-state index contributed by atoms with van der Waals surface area (Å²) in [7, 11) is 1.57. The van der Waals surface area contributed by atoms with Crippen LogP contribution >= 0.6 is 0 Å². The van der Waals surface area contributed by atoms with E-state index in [1.165, 1.54) is 11.1 Å². The predicted molar refractivity (Wildman–Crippen MR) is 66.5 cm³/mol. The van der Waals surface area contributed by atoms with Gasteiger partial charge in [-0.2, -0.15) is 0 Å². The Morgan fingerprint density at radius 3 is 2.88 bits per heavy atom. The second-order valence-corrected chi connectivity index (χ2v) is 4.96. The van der Waals surface area contributed by atoms with Gasteiger partial charge in [-0.1, -0.05) is 13.8 Å². The number of hydrogen-bond acceptors (Lipinski definition) is 3. The molecule has 1 aliphatic rings. The number of phenols is 1. The van der Waals surface area contributed by atoms with Gasteiger partial charge in [-0.3, -0.25) is 0 Å². The molecule has 1 aromatic carbocycles. The van der Waals surface area contributed by atoms with Gasteiger partial charge in [0.25, 0.3) is 0 Å². The van der Waals surface area contributed by atoms with E-state index in [2.05, 4.69) is 13.8 Å². The van der Waals surface area contributed by atoms with Gasteiger partial charge in [-0.05, 0) is 42.0 Å². The molecule has 2 rings (SSSR count). The van der Waals surface area contributed by atoms with Crippen molar-refractivity contribution in [2.24, 2.45) is 5.92 Å². The van der Waals surface area contributed by atoms with Crippen LogP contribution in [-0.4, -0.2) is 18.8 Å². The van der Waals surface area contributed by atoms with Crippen molar-refractivity contribution in [3.63, 3.8) is 0 Å². The van der Waals surface area contributed by atoms with Crippen molar-refractivity contribution in [1.29, 1.82) is 0 Å². The quantitative estimate of drug-likeness (QED) is 0.876. The first-order valence-corrected chi connectivity index (χ1v) is 6.13. The molecule has 1 atom stereocenters. The highest BCUT2D eigenvalue weighted by atomic mass is 16.5. The zero-order valence-corrected chi connectivity index (χ0v) is 10.7. The summed E-state index contributed by atoms with van der Waals surface area (Å²) in [4.78, 5) is 0. The lowest BCUT2D eigenvalue weighted by molar-refractivity contribution is 0.0281. The minimum absolute atomic E-state index is 0.133. The first-order valence-electron chi connectivity index (χ1n) is 6.13. The van der Waals surface area contributed by atoms with Gasteiger partial charge in [0.15, 0.2) is 11.5 Å². The van der Waals surface area contributed by atoms with E-state index in [-0.39, 0.29) is 11.9 Å². The van der Waals surface area contributed by atoms with Gasteiger partial charge in [-0.25, -0.2) is 0 Å². The fourth-order valence-electron chi connectivity index (χ4n) is 2.33. The van der Waals surface area contributed by atoms with E-state index in [0.717, 1.165) is 19.4 Å². The first kappa shape index (κ1) is 12.2. The van der Waals surface area contributed by atoms with Crippen LogP contribution in [0.2, 0.25) is 0 Å². The third kappa shape index (κ3) is 2.55. The largest absolute Gasteiger partial charge is 0.504 e. The van der Waals surface area contributed by atoms with Crippen LogP contribution in [0.5, 0.6) is 11.5 Å². The molecule has 94 valence electrons. The number of methoxy groups -OCH3 is 1. The average molecular weight is 236 g/mol. The van der Waals surface area contributed by atoms with Crippen LogP contribution in [0, 0.1) is 5.92 Å². The van der Waals surface area contributed by atoms with E-state index in [1.807, 2.05) is 12.1 Å². The maximum absolute atomic E-state index is 9.77. The lowest BCUT2D eigenvalue weighted by atomic mass is 9.92. The smallest absolute Gasteiger partial charge is 0.160 e. The first-order chi connectivity index (χ1) is 8.11. The summed E-state index contributed by atoms with van der Waals surface area (Å²) in [6.45, 7) is 5.11. The summed E-state index contributed by atoms with van der Waals surface area (Å²) >= 11 is 0. The maximum Gasteiger partial charge on any atom is 0.160 e. The minimum Gasteiger partial charge on any atom is -0.504 e. The van der Waals surface area contributed by atoms with Crippen molar-refractivity contribution in [3.8, 4) is 11.5 Å². The maximum atomic E-state index is 9.77. The van der Waals surface area contributed by atoms with E-state index in [9.17, 15) is 5.11 Å². The van der Waals surface area contributed by atoms with Crippen molar-refractivity contribution in [2.75, 3.05) is 13.7 Å². The second kappa shape index (κ2) is 4.96. The Labute approximate surface area is 102 Å². The van der Waals surface area contributed by atoms with E-state index in [4.69, 9.17) is 9.47 Å². The van der Waals surface area contributed by atoms with Crippen LogP contribution in [0.1, 0.15) is 37.5 Å². The van der Waals surface area contributed by atoms with Crippen molar-refractivity contribution >= 4 is 0 Å². The standard InChI is InChI=1S/C14H20O3/c1-9(2)6-13-11-8-14(16-3)12(15)7-10(11)4-5-17-13/h7-9,13,15H,4-6H2,1-3H3. The molecule has 0 saturated carbocycles. The number of aromatic hydroxyl groups is 1. The average Bonchev–Trinajstić information content (AvgIpc) is 2.27. The summed E-state index contributed by atoms with van der Waals surface area (Å²) < 4.78 is 11.0. The molecule has 0 aromatic heterocycles. The Bertz CT molecular complexity index is 399. The highest BCUT2D eigenvalue weighted by molar-refractivity contribution is 5.48. The van der Waals surface area contributed by atoms with Crippen LogP contribution in [0.4, 0.5) is 0 Å². The lowest BCUT2D eigenvalue weighted by Gasteiger charge is -2.28. The molecule has 0 amide bonds. The van der Waals surface area contributed by atoms with Gasteiger partial charge >= 0.3 is 0 Å². The molecule has 1 unspecified atom stereocenters. The number of ether oxygens (including phenoxy) is 2. The molecular formula is C14H20O3. The summed E-state index contributed by atoms with van der Waals surface area (Å²) in [6, 6.07) is 3.72. The van der Waals surface area contributed by atoms with Gasteiger partial charge in [0.1, 0.15) is 0 Å². The van der Waals surface area contributed by atoms with Gasteiger partial charge in [0, 0.05) is 0 Å². The van der Waals surface area contributed by atoms with Crippen LogP contribution in [0.25, 0.3) is 0 Å². The molecule has 3 nitrogen and oxygen atoms in total. The fraction of sp³-hybridized carbons (Fsp3) is 0.571. The molecule has 1 aliphatic heterocycles. The molecule has 1 aromatic rings. The number of phenolic OH excluding ortho intramolecular Hbond substituents is 1. The van der Waals surface area contributed by atoms with Crippen molar-refractivity contribution in [3.05, 3.63) is 23.3 Å². The number of fused-ring (bicyclic) bond motifs is 1. The summed E-state index contributed by atoms with van der Waals surface area (Å²) in [5.41, 5.74) is 2.35. The summed E-state index contributed by atoms with van der Waals surface area (Å²) in [6.07, 6.45) is 2.00. The molecule has 0 radical (unpaired) electrons. The zero-order valence-electron chi connectivity index (χ0n) is 10.7. The molecule has 3 heteroatoms. The van der Waals surface area contributed by atoms with E-state index < -0.39 is 0 Å². The highest BCUT2D eigenvalue weighted by Gasteiger charge is 2.23. The molecule has 0 bridgehead atoms. The number of rotatable bonds is 3. The zero-order chi connectivity index (χ0) is 12.4. The molecule has 0 saturated heterocycles. The number of hydrogen-bond donors (Lipinski definition) is 1. The Balaban J connectivity index is 2.35. The Morgan fingerprint density at radius 2 is 2.24 bits per heavy atom. The molecule has 17 heavy (non-hydrogen) atoms. The van der Waals surface area contributed by atoms with E-state index in [1.54, 1.807) is 7.11 Å². The van der Waals surface area contributed by atoms with E-state index in [0.29, 0.717) is 11.7 Å². The topological polar surface area (TPSA) is 38.7 Å². The highest BCUT2D eigenvalue weighted by Crippen LogP contribution is 2.38. The Morgan fingerprint density at radius 1 is 1.47 bits per heavy atom. The predicted octanol–water partition coefficient (Wildman–Crippen LogP) is 3.06. The summed E-state index contributed by atoms with van der Waals surface area (Å²) in [5.74, 6) is 1.34.